The van der Waals surface area contributed by atoms with E-state index >= 15 is 0 Å². The maximum Gasteiger partial charge on any atom is 0.329 e. The van der Waals surface area contributed by atoms with Crippen LogP contribution in [0, 0.1) is 5.92 Å². The van der Waals surface area contributed by atoms with E-state index < -0.39 is 12.6 Å². The molecular formula is C11H17NO4. The van der Waals surface area contributed by atoms with Crippen molar-refractivity contribution in [3.05, 3.63) is 0 Å². The van der Waals surface area contributed by atoms with Crippen LogP contribution >= 0.6 is 0 Å². The maximum atomic E-state index is 11.8. The normalized spacial score (nSPS) is 28.1. The van der Waals surface area contributed by atoms with Gasteiger partial charge in [-0.2, -0.15) is 0 Å². The first kappa shape index (κ1) is 11.4. The Morgan fingerprint density at radius 1 is 1.25 bits per heavy atom. The van der Waals surface area contributed by atoms with Gasteiger partial charge in [-0.15, -0.1) is 0 Å². The summed E-state index contributed by atoms with van der Waals surface area (Å²) in [5, 5.41) is 8.39. The minimum Gasteiger partial charge on any atom is -0.480 e. The average molecular weight is 227 g/mol. The van der Waals surface area contributed by atoms with Crippen LogP contribution in [0.1, 0.15) is 25.7 Å². The van der Waals surface area contributed by atoms with Crippen molar-refractivity contribution in [2.75, 3.05) is 19.8 Å². The molecule has 0 bridgehead atoms. The molecule has 1 aliphatic heterocycles. The van der Waals surface area contributed by atoms with Gasteiger partial charge in [-0.1, -0.05) is 6.42 Å². The van der Waals surface area contributed by atoms with Gasteiger partial charge in [0, 0.05) is 12.6 Å². The van der Waals surface area contributed by atoms with E-state index in [0.29, 0.717) is 12.0 Å². The molecule has 0 aromatic heterocycles. The third-order valence-corrected chi connectivity index (χ3v) is 3.53. The van der Waals surface area contributed by atoms with Gasteiger partial charge in [0.1, 0.15) is 13.2 Å². The lowest BCUT2D eigenvalue weighted by Gasteiger charge is -2.23. The minimum absolute atomic E-state index is 0.0596. The molecule has 0 spiro atoms. The SMILES string of the molecule is O=C(O)COCC(=O)N1CCC2CCCC21. The van der Waals surface area contributed by atoms with Gasteiger partial charge in [0.25, 0.3) is 0 Å². The molecule has 0 aromatic rings. The number of nitrogens with zero attached hydrogens (tertiary/aromatic N) is 1. The van der Waals surface area contributed by atoms with Crippen molar-refractivity contribution in [3.8, 4) is 0 Å². The number of rotatable bonds is 4. The van der Waals surface area contributed by atoms with Gasteiger partial charge < -0.3 is 14.7 Å². The van der Waals surface area contributed by atoms with Crippen LogP contribution in [0.3, 0.4) is 0 Å². The Labute approximate surface area is 94.4 Å². The molecule has 5 heteroatoms. The third kappa shape index (κ3) is 2.35. The monoisotopic (exact) mass is 227 g/mol. The van der Waals surface area contributed by atoms with Crippen molar-refractivity contribution in [1.29, 1.82) is 0 Å². The molecule has 2 fully saturated rings. The summed E-state index contributed by atoms with van der Waals surface area (Å²) in [6.45, 7) is 0.313. The number of carbonyl (C=O) groups is 2. The summed E-state index contributed by atoms with van der Waals surface area (Å²) in [6, 6.07) is 0.390. The van der Waals surface area contributed by atoms with Crippen LogP contribution in [0.4, 0.5) is 0 Å². The highest BCUT2D eigenvalue weighted by molar-refractivity contribution is 5.78. The fourth-order valence-corrected chi connectivity index (χ4v) is 2.85. The van der Waals surface area contributed by atoms with Crippen molar-refractivity contribution < 1.29 is 19.4 Å². The highest BCUT2D eigenvalue weighted by atomic mass is 16.5. The van der Waals surface area contributed by atoms with E-state index in [2.05, 4.69) is 0 Å². The summed E-state index contributed by atoms with van der Waals surface area (Å²) in [5.74, 6) is -0.424. The van der Waals surface area contributed by atoms with Crippen LogP contribution in [0.5, 0.6) is 0 Å². The molecule has 1 heterocycles. The van der Waals surface area contributed by atoms with E-state index in [1.54, 1.807) is 0 Å². The third-order valence-electron chi connectivity index (χ3n) is 3.53. The molecular weight excluding hydrogens is 210 g/mol. The number of carboxylic acid groups (broad SMARTS) is 1. The Morgan fingerprint density at radius 2 is 2.06 bits per heavy atom. The fraction of sp³-hybridized carbons (Fsp3) is 0.818. The second kappa shape index (κ2) is 4.82. The largest absolute Gasteiger partial charge is 0.480 e. The lowest BCUT2D eigenvalue weighted by molar-refractivity contribution is -0.146. The summed E-state index contributed by atoms with van der Waals surface area (Å²) in [7, 11) is 0. The summed E-state index contributed by atoms with van der Waals surface area (Å²) in [6.07, 6.45) is 4.62. The molecule has 5 nitrogen and oxygen atoms in total. The van der Waals surface area contributed by atoms with Crippen molar-refractivity contribution >= 4 is 11.9 Å². The first-order valence-corrected chi connectivity index (χ1v) is 5.77. The molecule has 1 N–H and O–H groups in total. The summed E-state index contributed by atoms with van der Waals surface area (Å²) >= 11 is 0. The van der Waals surface area contributed by atoms with Crippen LogP contribution in [0.15, 0.2) is 0 Å². The Kier molecular flexibility index (Phi) is 3.43. The molecule has 1 amide bonds. The van der Waals surface area contributed by atoms with Gasteiger partial charge in [0.15, 0.2) is 0 Å². The standard InChI is InChI=1S/C11H17NO4/c13-10(6-16-7-11(14)15)12-5-4-8-2-1-3-9(8)12/h8-9H,1-7H2,(H,14,15). The lowest BCUT2D eigenvalue weighted by atomic mass is 10.0. The van der Waals surface area contributed by atoms with Gasteiger partial charge in [-0.05, 0) is 25.2 Å². The summed E-state index contributed by atoms with van der Waals surface area (Å²) in [5.41, 5.74) is 0. The van der Waals surface area contributed by atoms with E-state index in [0.717, 1.165) is 19.4 Å². The predicted molar refractivity (Wildman–Crippen MR) is 55.9 cm³/mol. The molecule has 0 radical (unpaired) electrons. The lowest BCUT2D eigenvalue weighted by Crippen LogP contribution is -2.38. The molecule has 2 aliphatic rings. The Morgan fingerprint density at radius 3 is 2.81 bits per heavy atom. The number of likely N-dealkylation sites (tertiary alicyclic amines) is 1. The topological polar surface area (TPSA) is 66.8 Å². The van der Waals surface area contributed by atoms with E-state index in [1.807, 2.05) is 4.90 Å². The van der Waals surface area contributed by atoms with Crippen LogP contribution < -0.4 is 0 Å². The zero-order valence-electron chi connectivity index (χ0n) is 9.22. The fourth-order valence-electron chi connectivity index (χ4n) is 2.85. The number of hydrogen-bond acceptors (Lipinski definition) is 3. The van der Waals surface area contributed by atoms with Gasteiger partial charge >= 0.3 is 5.97 Å². The number of carboxylic acids is 1. The van der Waals surface area contributed by atoms with Gasteiger partial charge in [0.05, 0.1) is 0 Å². The number of ether oxygens (including phenoxy) is 1. The van der Waals surface area contributed by atoms with Crippen LogP contribution in [-0.2, 0) is 14.3 Å². The smallest absolute Gasteiger partial charge is 0.329 e. The van der Waals surface area contributed by atoms with Gasteiger partial charge in [-0.3, -0.25) is 4.79 Å². The number of carbonyl (C=O) groups excluding carboxylic acids is 1. The number of hydrogen-bond donors (Lipinski definition) is 1. The minimum atomic E-state index is -1.03. The summed E-state index contributed by atoms with van der Waals surface area (Å²) < 4.78 is 4.83. The molecule has 1 saturated heterocycles. The number of aliphatic carboxylic acids is 1. The molecule has 1 aliphatic carbocycles. The van der Waals surface area contributed by atoms with Gasteiger partial charge in [0.2, 0.25) is 5.91 Å². The molecule has 2 rings (SSSR count). The van der Waals surface area contributed by atoms with Crippen LogP contribution in [0.25, 0.3) is 0 Å². The molecule has 90 valence electrons. The maximum absolute atomic E-state index is 11.8. The number of fused-ring (bicyclic) bond motifs is 1. The molecule has 2 unspecified atom stereocenters. The van der Waals surface area contributed by atoms with E-state index in [4.69, 9.17) is 9.84 Å². The Hall–Kier alpha value is -1.10. The van der Waals surface area contributed by atoms with Crippen molar-refractivity contribution in [1.82, 2.24) is 4.90 Å². The van der Waals surface area contributed by atoms with Crippen LogP contribution in [-0.4, -0.2) is 47.7 Å². The zero-order valence-corrected chi connectivity index (χ0v) is 9.22. The Bertz CT molecular complexity index is 292. The quantitative estimate of drug-likeness (QED) is 0.759. The van der Waals surface area contributed by atoms with Crippen molar-refractivity contribution in [2.45, 2.75) is 31.7 Å². The van der Waals surface area contributed by atoms with E-state index in [-0.39, 0.29) is 12.5 Å². The predicted octanol–water partition coefficient (Wildman–Crippen LogP) is 0.489. The zero-order chi connectivity index (χ0) is 11.5. The Balaban J connectivity index is 1.79. The highest BCUT2D eigenvalue weighted by Crippen LogP contribution is 2.37. The molecule has 16 heavy (non-hydrogen) atoms. The number of amides is 1. The first-order valence-electron chi connectivity index (χ1n) is 5.77. The van der Waals surface area contributed by atoms with Crippen molar-refractivity contribution in [2.24, 2.45) is 5.92 Å². The van der Waals surface area contributed by atoms with Crippen molar-refractivity contribution in [3.63, 3.8) is 0 Å². The highest BCUT2D eigenvalue weighted by Gasteiger charge is 2.39. The first-order chi connectivity index (χ1) is 7.68. The van der Waals surface area contributed by atoms with E-state index in [1.165, 1.54) is 12.8 Å². The average Bonchev–Trinajstić information content (AvgIpc) is 2.76. The summed E-state index contributed by atoms with van der Waals surface area (Å²) in [4.78, 5) is 23.9. The van der Waals surface area contributed by atoms with E-state index in [9.17, 15) is 9.59 Å². The molecule has 2 atom stereocenters. The second-order valence-corrected chi connectivity index (χ2v) is 4.52. The molecule has 1 saturated carbocycles. The van der Waals surface area contributed by atoms with Crippen LogP contribution in [0.2, 0.25) is 0 Å². The van der Waals surface area contributed by atoms with Gasteiger partial charge in [-0.25, -0.2) is 4.79 Å². The molecule has 0 aromatic carbocycles. The second-order valence-electron chi connectivity index (χ2n) is 4.52.